The van der Waals surface area contributed by atoms with Crippen molar-refractivity contribution in [3.63, 3.8) is 0 Å². The van der Waals surface area contributed by atoms with Gasteiger partial charge in [0.2, 0.25) is 11.2 Å². The standard InChI is InChI=1S/C18H15N3O3S/c1-11-6-8-12(9-7-11)17-20-21-18(25-17)19-16(22)15-10-23-13-4-2-3-5-14(13)24-15/h2-9,15H,10H2,1H3,(H,19,21,22). The van der Waals surface area contributed by atoms with Gasteiger partial charge in [-0.1, -0.05) is 53.3 Å². The van der Waals surface area contributed by atoms with Gasteiger partial charge in [0, 0.05) is 5.56 Å². The fourth-order valence-corrected chi connectivity index (χ4v) is 3.17. The van der Waals surface area contributed by atoms with E-state index in [0.29, 0.717) is 16.6 Å². The van der Waals surface area contributed by atoms with Crippen molar-refractivity contribution in [2.45, 2.75) is 13.0 Å². The highest BCUT2D eigenvalue weighted by Gasteiger charge is 2.28. The van der Waals surface area contributed by atoms with Gasteiger partial charge in [-0.2, -0.15) is 0 Å². The molecular formula is C18H15N3O3S. The van der Waals surface area contributed by atoms with E-state index in [1.54, 1.807) is 6.07 Å². The lowest BCUT2D eigenvalue weighted by Crippen LogP contribution is -2.40. The molecule has 1 unspecified atom stereocenters. The van der Waals surface area contributed by atoms with Crippen LogP contribution in [-0.2, 0) is 4.79 Å². The molecule has 0 spiro atoms. The number of aryl methyl sites for hydroxylation is 1. The fraction of sp³-hybridized carbons (Fsp3) is 0.167. The molecule has 3 aromatic rings. The molecule has 25 heavy (non-hydrogen) atoms. The van der Waals surface area contributed by atoms with Gasteiger partial charge < -0.3 is 9.47 Å². The van der Waals surface area contributed by atoms with E-state index in [2.05, 4.69) is 15.5 Å². The van der Waals surface area contributed by atoms with Crippen LogP contribution in [-0.4, -0.2) is 28.8 Å². The molecule has 1 amide bonds. The van der Waals surface area contributed by atoms with Gasteiger partial charge in [-0.3, -0.25) is 10.1 Å². The molecule has 1 aliphatic rings. The quantitative estimate of drug-likeness (QED) is 0.782. The molecule has 1 aliphatic heterocycles. The number of nitrogens with zero attached hydrogens (tertiary/aromatic N) is 2. The summed E-state index contributed by atoms with van der Waals surface area (Å²) in [6.45, 7) is 2.19. The summed E-state index contributed by atoms with van der Waals surface area (Å²) in [5, 5.41) is 12.1. The maximum atomic E-state index is 12.4. The normalized spacial score (nSPS) is 15.6. The maximum Gasteiger partial charge on any atom is 0.270 e. The minimum Gasteiger partial charge on any atom is -0.485 e. The van der Waals surface area contributed by atoms with Gasteiger partial charge in [-0.15, -0.1) is 10.2 Å². The van der Waals surface area contributed by atoms with Crippen LogP contribution in [0.5, 0.6) is 11.5 Å². The number of rotatable bonds is 3. The van der Waals surface area contributed by atoms with Crippen molar-refractivity contribution < 1.29 is 14.3 Å². The first-order valence-corrected chi connectivity index (χ1v) is 8.60. The van der Waals surface area contributed by atoms with E-state index >= 15 is 0 Å². The Morgan fingerprint density at radius 2 is 1.88 bits per heavy atom. The maximum absolute atomic E-state index is 12.4. The second-order valence-electron chi connectivity index (χ2n) is 5.63. The van der Waals surface area contributed by atoms with Crippen molar-refractivity contribution in [2.75, 3.05) is 11.9 Å². The van der Waals surface area contributed by atoms with Crippen molar-refractivity contribution >= 4 is 22.4 Å². The Morgan fingerprint density at radius 1 is 1.12 bits per heavy atom. The van der Waals surface area contributed by atoms with Gasteiger partial charge in [-0.05, 0) is 19.1 Å². The van der Waals surface area contributed by atoms with Crippen LogP contribution in [0, 0.1) is 6.92 Å². The molecule has 1 N–H and O–H groups in total. The van der Waals surface area contributed by atoms with Crippen LogP contribution in [0.15, 0.2) is 48.5 Å². The number of aromatic nitrogens is 2. The third-order valence-electron chi connectivity index (χ3n) is 3.75. The third kappa shape index (κ3) is 3.32. The minimum absolute atomic E-state index is 0.159. The zero-order valence-corrected chi connectivity index (χ0v) is 14.2. The summed E-state index contributed by atoms with van der Waals surface area (Å²) in [6, 6.07) is 15.3. The van der Waals surface area contributed by atoms with Crippen LogP contribution in [0.4, 0.5) is 5.13 Å². The molecule has 4 rings (SSSR count). The fourth-order valence-electron chi connectivity index (χ4n) is 2.42. The molecule has 126 valence electrons. The predicted molar refractivity (Wildman–Crippen MR) is 95.1 cm³/mol. The van der Waals surface area contributed by atoms with Crippen LogP contribution in [0.3, 0.4) is 0 Å². The Bertz CT molecular complexity index is 908. The topological polar surface area (TPSA) is 73.3 Å². The van der Waals surface area contributed by atoms with Crippen molar-refractivity contribution in [1.82, 2.24) is 10.2 Å². The van der Waals surface area contributed by atoms with Gasteiger partial charge in [-0.25, -0.2) is 0 Å². The number of ether oxygens (including phenoxy) is 2. The summed E-state index contributed by atoms with van der Waals surface area (Å²) in [5.41, 5.74) is 2.14. The van der Waals surface area contributed by atoms with Crippen LogP contribution in [0.1, 0.15) is 5.56 Å². The molecule has 7 heteroatoms. The molecule has 0 bridgehead atoms. The Balaban J connectivity index is 1.44. The van der Waals surface area contributed by atoms with Crippen molar-refractivity contribution in [3.05, 3.63) is 54.1 Å². The van der Waals surface area contributed by atoms with Crippen LogP contribution < -0.4 is 14.8 Å². The molecule has 0 fully saturated rings. The second kappa shape index (κ2) is 6.52. The molecule has 6 nitrogen and oxygen atoms in total. The minimum atomic E-state index is -0.721. The SMILES string of the molecule is Cc1ccc(-c2nnc(NC(=O)C3COc4ccccc4O3)s2)cc1. The summed E-state index contributed by atoms with van der Waals surface area (Å²) < 4.78 is 11.3. The molecular weight excluding hydrogens is 338 g/mol. The highest BCUT2D eigenvalue weighted by Crippen LogP contribution is 2.31. The van der Waals surface area contributed by atoms with Gasteiger partial charge in [0.25, 0.3) is 5.91 Å². The molecule has 1 aromatic heterocycles. The Labute approximate surface area is 148 Å². The first-order chi connectivity index (χ1) is 12.2. The smallest absolute Gasteiger partial charge is 0.270 e. The number of carbonyl (C=O) groups is 1. The summed E-state index contributed by atoms with van der Waals surface area (Å²) >= 11 is 1.32. The van der Waals surface area contributed by atoms with E-state index < -0.39 is 6.10 Å². The Kier molecular flexibility index (Phi) is 4.07. The van der Waals surface area contributed by atoms with Gasteiger partial charge in [0.1, 0.15) is 11.6 Å². The highest BCUT2D eigenvalue weighted by atomic mass is 32.1. The second-order valence-corrected chi connectivity index (χ2v) is 6.61. The predicted octanol–water partition coefficient (Wildman–Crippen LogP) is 3.29. The first kappa shape index (κ1) is 15.6. The Morgan fingerprint density at radius 3 is 2.68 bits per heavy atom. The lowest BCUT2D eigenvalue weighted by Gasteiger charge is -2.25. The van der Waals surface area contributed by atoms with Gasteiger partial charge >= 0.3 is 0 Å². The summed E-state index contributed by atoms with van der Waals surface area (Å²) in [4.78, 5) is 12.4. The van der Waals surface area contributed by atoms with E-state index in [0.717, 1.165) is 10.6 Å². The Hall–Kier alpha value is -2.93. The number of anilines is 1. The molecule has 2 heterocycles. The van der Waals surface area contributed by atoms with Crippen LogP contribution in [0.25, 0.3) is 10.6 Å². The summed E-state index contributed by atoms with van der Waals surface area (Å²) in [7, 11) is 0. The molecule has 2 aromatic carbocycles. The van der Waals surface area contributed by atoms with Crippen LogP contribution >= 0.6 is 11.3 Å². The number of nitrogens with one attached hydrogen (secondary N) is 1. The first-order valence-electron chi connectivity index (χ1n) is 7.79. The zero-order valence-electron chi connectivity index (χ0n) is 13.4. The average molecular weight is 353 g/mol. The van der Waals surface area contributed by atoms with E-state index in [1.165, 1.54) is 16.9 Å². The largest absolute Gasteiger partial charge is 0.485 e. The number of amides is 1. The third-order valence-corrected chi connectivity index (χ3v) is 4.64. The molecule has 0 aliphatic carbocycles. The number of hydrogen-bond acceptors (Lipinski definition) is 6. The molecule has 1 atom stereocenters. The number of hydrogen-bond donors (Lipinski definition) is 1. The zero-order chi connectivity index (χ0) is 17.2. The van der Waals surface area contributed by atoms with Crippen molar-refractivity contribution in [2.24, 2.45) is 0 Å². The van der Waals surface area contributed by atoms with Crippen molar-refractivity contribution in [1.29, 1.82) is 0 Å². The van der Waals surface area contributed by atoms with Crippen molar-refractivity contribution in [3.8, 4) is 22.1 Å². The lowest BCUT2D eigenvalue weighted by atomic mass is 10.2. The van der Waals surface area contributed by atoms with Gasteiger partial charge in [0.15, 0.2) is 11.5 Å². The summed E-state index contributed by atoms with van der Waals surface area (Å²) in [5.74, 6) is 0.900. The molecule has 0 saturated heterocycles. The lowest BCUT2D eigenvalue weighted by molar-refractivity contribution is -0.125. The van der Waals surface area contributed by atoms with E-state index in [9.17, 15) is 4.79 Å². The summed E-state index contributed by atoms with van der Waals surface area (Å²) in [6.07, 6.45) is -0.721. The number of benzene rings is 2. The molecule has 0 saturated carbocycles. The van der Waals surface area contributed by atoms with E-state index in [-0.39, 0.29) is 12.5 Å². The van der Waals surface area contributed by atoms with E-state index in [1.807, 2.05) is 49.4 Å². The highest BCUT2D eigenvalue weighted by molar-refractivity contribution is 7.18. The average Bonchev–Trinajstić information content (AvgIpc) is 3.10. The number of para-hydroxylation sites is 2. The molecule has 0 radical (unpaired) electrons. The monoisotopic (exact) mass is 353 g/mol. The number of carbonyl (C=O) groups excluding carboxylic acids is 1. The number of fused-ring (bicyclic) bond motifs is 1. The van der Waals surface area contributed by atoms with E-state index in [4.69, 9.17) is 9.47 Å². The van der Waals surface area contributed by atoms with Crippen LogP contribution in [0.2, 0.25) is 0 Å². The van der Waals surface area contributed by atoms with Gasteiger partial charge in [0.05, 0.1) is 0 Å².